The normalized spacial score (nSPS) is 14.3. The van der Waals surface area contributed by atoms with E-state index in [1.807, 2.05) is 12.1 Å². The zero-order valence-electron chi connectivity index (χ0n) is 12.0. The summed E-state index contributed by atoms with van der Waals surface area (Å²) in [6, 6.07) is 13.4. The number of aryl methyl sites for hydroxylation is 2. The van der Waals surface area contributed by atoms with Gasteiger partial charge in [0.2, 0.25) is 0 Å². The minimum absolute atomic E-state index is 0.382. The van der Waals surface area contributed by atoms with E-state index in [1.165, 1.54) is 11.1 Å². The monoisotopic (exact) mass is 257 g/mol. The molecule has 2 rings (SSSR count). The molecule has 1 heterocycles. The highest BCUT2D eigenvalue weighted by molar-refractivity contribution is 5.28. The van der Waals surface area contributed by atoms with Crippen LogP contribution >= 0.6 is 0 Å². The zero-order valence-corrected chi connectivity index (χ0v) is 12.0. The second-order valence-corrected chi connectivity index (χ2v) is 5.26. The van der Waals surface area contributed by atoms with Crippen LogP contribution in [0, 0.1) is 6.92 Å². The van der Waals surface area contributed by atoms with Gasteiger partial charge in [0, 0.05) is 18.5 Å². The van der Waals surface area contributed by atoms with Crippen LogP contribution in [0.4, 0.5) is 0 Å². The van der Waals surface area contributed by atoms with E-state index in [4.69, 9.17) is 4.42 Å². The molecule has 0 spiro atoms. The van der Waals surface area contributed by atoms with Gasteiger partial charge >= 0.3 is 0 Å². The number of rotatable bonds is 6. The van der Waals surface area contributed by atoms with Crippen molar-refractivity contribution in [2.75, 3.05) is 0 Å². The Morgan fingerprint density at radius 2 is 1.89 bits per heavy atom. The fourth-order valence-electron chi connectivity index (χ4n) is 2.49. The fraction of sp³-hybridized carbons (Fsp3) is 0.412. The van der Waals surface area contributed by atoms with E-state index in [1.54, 1.807) is 6.26 Å². The van der Waals surface area contributed by atoms with Gasteiger partial charge in [-0.3, -0.25) is 0 Å². The summed E-state index contributed by atoms with van der Waals surface area (Å²) in [7, 11) is 0. The molecule has 1 aromatic carbocycles. The number of benzene rings is 1. The van der Waals surface area contributed by atoms with Gasteiger partial charge in [0.05, 0.1) is 6.26 Å². The van der Waals surface area contributed by atoms with Gasteiger partial charge < -0.3 is 9.73 Å². The molecule has 1 aromatic heterocycles. The van der Waals surface area contributed by atoms with Gasteiger partial charge in [-0.25, -0.2) is 0 Å². The van der Waals surface area contributed by atoms with E-state index in [2.05, 4.69) is 50.4 Å². The van der Waals surface area contributed by atoms with Crippen LogP contribution in [-0.2, 0) is 6.42 Å². The Balaban J connectivity index is 1.85. The first-order valence-corrected chi connectivity index (χ1v) is 7.01. The van der Waals surface area contributed by atoms with E-state index < -0.39 is 0 Å². The summed E-state index contributed by atoms with van der Waals surface area (Å²) in [5.41, 5.74) is 2.73. The molecular formula is C17H23NO. The molecular weight excluding hydrogens is 234 g/mol. The molecule has 0 fully saturated rings. The van der Waals surface area contributed by atoms with Gasteiger partial charge in [0.25, 0.3) is 0 Å². The standard InChI is InChI=1S/C17H23NO/c1-13-7-4-5-9-17(13)15(3)18-14(2)10-11-16-8-6-12-19-16/h4-9,12,14-15,18H,10-11H2,1-3H3/t14?,15-/m0/s1. The van der Waals surface area contributed by atoms with Crippen LogP contribution in [0.1, 0.15) is 43.2 Å². The van der Waals surface area contributed by atoms with Crippen LogP contribution in [-0.4, -0.2) is 6.04 Å². The highest BCUT2D eigenvalue weighted by atomic mass is 16.3. The molecule has 0 bridgehead atoms. The molecule has 2 atom stereocenters. The first-order chi connectivity index (χ1) is 9.16. The lowest BCUT2D eigenvalue weighted by molar-refractivity contribution is 0.430. The maximum Gasteiger partial charge on any atom is 0.103 e. The number of hydrogen-bond acceptors (Lipinski definition) is 2. The quantitative estimate of drug-likeness (QED) is 0.836. The van der Waals surface area contributed by atoms with E-state index in [9.17, 15) is 0 Å². The third-order valence-electron chi connectivity index (χ3n) is 3.59. The first-order valence-electron chi connectivity index (χ1n) is 7.01. The predicted molar refractivity (Wildman–Crippen MR) is 79.2 cm³/mol. The number of furan rings is 1. The zero-order chi connectivity index (χ0) is 13.7. The van der Waals surface area contributed by atoms with Crippen molar-refractivity contribution < 1.29 is 4.42 Å². The molecule has 2 aromatic rings. The fourth-order valence-corrected chi connectivity index (χ4v) is 2.49. The summed E-state index contributed by atoms with van der Waals surface area (Å²) in [6.45, 7) is 6.63. The minimum Gasteiger partial charge on any atom is -0.469 e. The Hall–Kier alpha value is -1.54. The second kappa shape index (κ2) is 6.58. The van der Waals surface area contributed by atoms with Crippen molar-refractivity contribution in [3.63, 3.8) is 0 Å². The molecule has 2 nitrogen and oxygen atoms in total. The third kappa shape index (κ3) is 3.97. The largest absolute Gasteiger partial charge is 0.469 e. The highest BCUT2D eigenvalue weighted by Crippen LogP contribution is 2.18. The molecule has 0 aliphatic heterocycles. The van der Waals surface area contributed by atoms with Crippen molar-refractivity contribution in [1.29, 1.82) is 0 Å². The molecule has 102 valence electrons. The van der Waals surface area contributed by atoms with E-state index >= 15 is 0 Å². The van der Waals surface area contributed by atoms with Crippen LogP contribution in [0.2, 0.25) is 0 Å². The Labute approximate surface area is 115 Å². The van der Waals surface area contributed by atoms with Crippen LogP contribution in [0.3, 0.4) is 0 Å². The van der Waals surface area contributed by atoms with Crippen LogP contribution < -0.4 is 5.32 Å². The minimum atomic E-state index is 0.382. The average molecular weight is 257 g/mol. The van der Waals surface area contributed by atoms with Crippen molar-refractivity contribution in [3.05, 3.63) is 59.5 Å². The number of nitrogens with one attached hydrogen (secondary N) is 1. The average Bonchev–Trinajstić information content (AvgIpc) is 2.90. The Kier molecular flexibility index (Phi) is 4.80. The van der Waals surface area contributed by atoms with Crippen LogP contribution in [0.25, 0.3) is 0 Å². The molecule has 0 saturated carbocycles. The first kappa shape index (κ1) is 13.9. The van der Waals surface area contributed by atoms with Gasteiger partial charge in [0.15, 0.2) is 0 Å². The summed E-state index contributed by atoms with van der Waals surface area (Å²) in [5.74, 6) is 1.07. The molecule has 1 unspecified atom stereocenters. The third-order valence-corrected chi connectivity index (χ3v) is 3.59. The lowest BCUT2D eigenvalue weighted by Gasteiger charge is -2.21. The van der Waals surface area contributed by atoms with Crippen molar-refractivity contribution in [1.82, 2.24) is 5.32 Å². The smallest absolute Gasteiger partial charge is 0.103 e. The van der Waals surface area contributed by atoms with Gasteiger partial charge in [-0.15, -0.1) is 0 Å². The van der Waals surface area contributed by atoms with Gasteiger partial charge in [-0.05, 0) is 50.5 Å². The Morgan fingerprint density at radius 3 is 2.58 bits per heavy atom. The molecule has 0 saturated heterocycles. The molecule has 19 heavy (non-hydrogen) atoms. The SMILES string of the molecule is Cc1ccccc1[C@H](C)NC(C)CCc1ccco1. The van der Waals surface area contributed by atoms with Crippen LogP contribution in [0.5, 0.6) is 0 Å². The molecule has 2 heteroatoms. The summed E-state index contributed by atoms with van der Waals surface area (Å²) in [6.07, 6.45) is 3.81. The Morgan fingerprint density at radius 1 is 1.11 bits per heavy atom. The Bertz CT molecular complexity index is 490. The maximum atomic E-state index is 5.36. The van der Waals surface area contributed by atoms with Crippen molar-refractivity contribution in [2.45, 2.75) is 45.7 Å². The summed E-state index contributed by atoms with van der Waals surface area (Å²) in [5, 5.41) is 3.66. The molecule has 0 radical (unpaired) electrons. The lowest BCUT2D eigenvalue weighted by Crippen LogP contribution is -2.29. The van der Waals surface area contributed by atoms with E-state index in [-0.39, 0.29) is 0 Å². The number of hydrogen-bond donors (Lipinski definition) is 1. The van der Waals surface area contributed by atoms with Gasteiger partial charge in [0.1, 0.15) is 5.76 Å². The van der Waals surface area contributed by atoms with Crippen molar-refractivity contribution in [2.24, 2.45) is 0 Å². The molecule has 0 aliphatic carbocycles. The summed E-state index contributed by atoms with van der Waals surface area (Å²) in [4.78, 5) is 0. The van der Waals surface area contributed by atoms with Crippen LogP contribution in [0.15, 0.2) is 47.1 Å². The second-order valence-electron chi connectivity index (χ2n) is 5.26. The summed E-state index contributed by atoms with van der Waals surface area (Å²) >= 11 is 0. The topological polar surface area (TPSA) is 25.2 Å². The van der Waals surface area contributed by atoms with Crippen molar-refractivity contribution in [3.8, 4) is 0 Å². The molecule has 0 amide bonds. The molecule has 1 N–H and O–H groups in total. The lowest BCUT2D eigenvalue weighted by atomic mass is 10.0. The van der Waals surface area contributed by atoms with Gasteiger partial charge in [-0.2, -0.15) is 0 Å². The highest BCUT2D eigenvalue weighted by Gasteiger charge is 2.11. The van der Waals surface area contributed by atoms with Gasteiger partial charge in [-0.1, -0.05) is 24.3 Å². The predicted octanol–water partition coefficient (Wildman–Crippen LogP) is 4.26. The maximum absolute atomic E-state index is 5.36. The van der Waals surface area contributed by atoms with E-state index in [0.717, 1.165) is 18.6 Å². The van der Waals surface area contributed by atoms with E-state index in [0.29, 0.717) is 12.1 Å². The van der Waals surface area contributed by atoms with Crippen molar-refractivity contribution >= 4 is 0 Å². The summed E-state index contributed by atoms with van der Waals surface area (Å²) < 4.78 is 5.36. The molecule has 0 aliphatic rings.